The number of rotatable bonds is 6. The molecule has 1 aromatic carbocycles. The van der Waals surface area contributed by atoms with Gasteiger partial charge in [-0.2, -0.15) is 0 Å². The van der Waals surface area contributed by atoms with Gasteiger partial charge in [-0.3, -0.25) is 0 Å². The molecular formula is C17H27NO. The van der Waals surface area contributed by atoms with Crippen LogP contribution in [0, 0.1) is 20.8 Å². The Bertz CT molecular complexity index is 435. The summed E-state index contributed by atoms with van der Waals surface area (Å²) < 4.78 is 6.49. The van der Waals surface area contributed by atoms with Crippen molar-refractivity contribution in [3.05, 3.63) is 28.8 Å². The average molecular weight is 261 g/mol. The van der Waals surface area contributed by atoms with Crippen LogP contribution in [0.3, 0.4) is 0 Å². The molecule has 1 aromatic rings. The SMILES string of the molecule is CCNCCC1(Oc2c(C)ccc(C)c2C)CCC1. The fourth-order valence-electron chi connectivity index (χ4n) is 2.77. The van der Waals surface area contributed by atoms with Gasteiger partial charge in [-0.25, -0.2) is 0 Å². The number of hydrogen-bond acceptors (Lipinski definition) is 2. The Morgan fingerprint density at radius 2 is 1.84 bits per heavy atom. The van der Waals surface area contributed by atoms with E-state index < -0.39 is 0 Å². The molecule has 2 nitrogen and oxygen atoms in total. The summed E-state index contributed by atoms with van der Waals surface area (Å²) >= 11 is 0. The van der Waals surface area contributed by atoms with Gasteiger partial charge in [-0.1, -0.05) is 19.1 Å². The van der Waals surface area contributed by atoms with Gasteiger partial charge in [0, 0.05) is 0 Å². The van der Waals surface area contributed by atoms with Crippen molar-refractivity contribution in [1.29, 1.82) is 0 Å². The number of nitrogens with one attached hydrogen (secondary N) is 1. The van der Waals surface area contributed by atoms with E-state index in [1.807, 2.05) is 0 Å². The Morgan fingerprint density at radius 3 is 2.42 bits per heavy atom. The number of hydrogen-bond donors (Lipinski definition) is 1. The molecule has 19 heavy (non-hydrogen) atoms. The molecule has 1 aliphatic rings. The molecule has 0 spiro atoms. The van der Waals surface area contributed by atoms with Crippen molar-refractivity contribution in [3.63, 3.8) is 0 Å². The molecule has 1 fully saturated rings. The summed E-state index contributed by atoms with van der Waals surface area (Å²) in [6, 6.07) is 4.36. The first-order valence-electron chi connectivity index (χ1n) is 7.54. The first kappa shape index (κ1) is 14.4. The Labute approximate surface area is 117 Å². The predicted octanol–water partition coefficient (Wildman–Crippen LogP) is 3.91. The third kappa shape index (κ3) is 3.11. The van der Waals surface area contributed by atoms with E-state index in [0.29, 0.717) is 0 Å². The van der Waals surface area contributed by atoms with Crippen molar-refractivity contribution >= 4 is 0 Å². The lowest BCUT2D eigenvalue weighted by molar-refractivity contribution is -0.0152. The predicted molar refractivity (Wildman–Crippen MR) is 81.0 cm³/mol. The monoisotopic (exact) mass is 261 g/mol. The summed E-state index contributed by atoms with van der Waals surface area (Å²) in [5.74, 6) is 1.12. The Hall–Kier alpha value is -1.02. The van der Waals surface area contributed by atoms with Crippen LogP contribution in [0.5, 0.6) is 5.75 Å². The van der Waals surface area contributed by atoms with Crippen LogP contribution in [-0.4, -0.2) is 18.7 Å². The van der Waals surface area contributed by atoms with Crippen molar-refractivity contribution in [2.75, 3.05) is 13.1 Å². The molecule has 1 saturated carbocycles. The normalized spacial score (nSPS) is 17.1. The van der Waals surface area contributed by atoms with E-state index in [1.54, 1.807) is 0 Å². The van der Waals surface area contributed by atoms with Crippen LogP contribution < -0.4 is 10.1 Å². The van der Waals surface area contributed by atoms with Crippen LogP contribution in [0.1, 0.15) is 49.3 Å². The van der Waals surface area contributed by atoms with Gasteiger partial charge in [0.05, 0.1) is 0 Å². The van der Waals surface area contributed by atoms with E-state index in [2.05, 4.69) is 45.1 Å². The minimum atomic E-state index is 0.0888. The summed E-state index contributed by atoms with van der Waals surface area (Å²) in [7, 11) is 0. The minimum absolute atomic E-state index is 0.0888. The molecule has 1 aliphatic carbocycles. The molecule has 0 radical (unpaired) electrons. The maximum Gasteiger partial charge on any atom is 0.126 e. The molecule has 0 aliphatic heterocycles. The zero-order valence-electron chi connectivity index (χ0n) is 12.8. The van der Waals surface area contributed by atoms with Crippen LogP contribution in [0.15, 0.2) is 12.1 Å². The van der Waals surface area contributed by atoms with Crippen LogP contribution in [0.25, 0.3) is 0 Å². The molecule has 0 saturated heterocycles. The van der Waals surface area contributed by atoms with Gasteiger partial charge in [0.1, 0.15) is 11.4 Å². The Morgan fingerprint density at radius 1 is 1.16 bits per heavy atom. The molecule has 2 heteroatoms. The highest BCUT2D eigenvalue weighted by molar-refractivity contribution is 5.45. The Balaban J connectivity index is 2.12. The van der Waals surface area contributed by atoms with Crippen molar-refractivity contribution in [1.82, 2.24) is 5.32 Å². The fraction of sp³-hybridized carbons (Fsp3) is 0.647. The van der Waals surface area contributed by atoms with Crippen LogP contribution in [0.4, 0.5) is 0 Å². The number of aryl methyl sites for hydroxylation is 2. The first-order valence-corrected chi connectivity index (χ1v) is 7.54. The summed E-state index contributed by atoms with van der Waals surface area (Å²) in [6.07, 6.45) is 4.82. The van der Waals surface area contributed by atoms with Crippen LogP contribution >= 0.6 is 0 Å². The molecule has 0 heterocycles. The topological polar surface area (TPSA) is 21.3 Å². The van der Waals surface area contributed by atoms with Gasteiger partial charge in [-0.15, -0.1) is 0 Å². The highest BCUT2D eigenvalue weighted by Gasteiger charge is 2.39. The molecule has 0 unspecified atom stereocenters. The molecular weight excluding hydrogens is 234 g/mol. The lowest BCUT2D eigenvalue weighted by Crippen LogP contribution is -2.45. The highest BCUT2D eigenvalue weighted by Crippen LogP contribution is 2.41. The second-order valence-corrected chi connectivity index (χ2v) is 5.90. The molecule has 0 atom stereocenters. The van der Waals surface area contributed by atoms with Gasteiger partial charge >= 0.3 is 0 Å². The van der Waals surface area contributed by atoms with Gasteiger partial charge in [0.2, 0.25) is 0 Å². The van der Waals surface area contributed by atoms with E-state index >= 15 is 0 Å². The van der Waals surface area contributed by atoms with E-state index in [9.17, 15) is 0 Å². The number of benzene rings is 1. The van der Waals surface area contributed by atoms with Gasteiger partial charge in [0.15, 0.2) is 0 Å². The largest absolute Gasteiger partial charge is 0.487 e. The average Bonchev–Trinajstić information content (AvgIpc) is 2.35. The second-order valence-electron chi connectivity index (χ2n) is 5.90. The number of ether oxygens (including phenoxy) is 1. The van der Waals surface area contributed by atoms with Crippen molar-refractivity contribution in [2.45, 2.75) is 59.0 Å². The molecule has 0 amide bonds. The molecule has 2 rings (SSSR count). The molecule has 106 valence electrons. The van der Waals surface area contributed by atoms with E-state index in [-0.39, 0.29) is 5.60 Å². The second kappa shape index (κ2) is 5.96. The standard InChI is InChI=1S/C17H27NO/c1-5-18-12-11-17(9-6-10-17)19-16-14(3)8-7-13(2)15(16)4/h7-8,18H,5-6,9-12H2,1-4H3. The zero-order chi connectivity index (χ0) is 13.9. The lowest BCUT2D eigenvalue weighted by Gasteiger charge is -2.43. The lowest BCUT2D eigenvalue weighted by atomic mass is 9.77. The first-order chi connectivity index (χ1) is 9.08. The summed E-state index contributed by atoms with van der Waals surface area (Å²) in [4.78, 5) is 0. The van der Waals surface area contributed by atoms with Crippen LogP contribution in [-0.2, 0) is 0 Å². The molecule has 0 aromatic heterocycles. The summed E-state index contributed by atoms with van der Waals surface area (Å²) in [5.41, 5.74) is 3.97. The van der Waals surface area contributed by atoms with Gasteiger partial charge in [0.25, 0.3) is 0 Å². The van der Waals surface area contributed by atoms with Crippen LogP contribution in [0.2, 0.25) is 0 Å². The Kier molecular flexibility index (Phi) is 4.51. The van der Waals surface area contributed by atoms with E-state index in [0.717, 1.165) is 25.3 Å². The van der Waals surface area contributed by atoms with Crippen molar-refractivity contribution in [3.8, 4) is 5.75 Å². The van der Waals surface area contributed by atoms with Gasteiger partial charge < -0.3 is 10.1 Å². The van der Waals surface area contributed by atoms with E-state index in [4.69, 9.17) is 4.74 Å². The minimum Gasteiger partial charge on any atom is -0.487 e. The van der Waals surface area contributed by atoms with Crippen molar-refractivity contribution < 1.29 is 4.74 Å². The third-order valence-electron chi connectivity index (χ3n) is 4.46. The third-order valence-corrected chi connectivity index (χ3v) is 4.46. The quantitative estimate of drug-likeness (QED) is 0.784. The smallest absolute Gasteiger partial charge is 0.126 e. The maximum absolute atomic E-state index is 6.49. The fourth-order valence-corrected chi connectivity index (χ4v) is 2.77. The molecule has 1 N–H and O–H groups in total. The summed E-state index contributed by atoms with van der Waals surface area (Å²) in [5, 5.41) is 3.42. The zero-order valence-corrected chi connectivity index (χ0v) is 12.8. The maximum atomic E-state index is 6.49. The highest BCUT2D eigenvalue weighted by atomic mass is 16.5. The van der Waals surface area contributed by atoms with E-state index in [1.165, 1.54) is 36.0 Å². The molecule has 0 bridgehead atoms. The summed E-state index contributed by atoms with van der Waals surface area (Å²) in [6.45, 7) is 10.7. The van der Waals surface area contributed by atoms with Crippen molar-refractivity contribution in [2.24, 2.45) is 0 Å². The van der Waals surface area contributed by atoms with Gasteiger partial charge in [-0.05, 0) is 76.2 Å².